The molecule has 1 fully saturated rings. The third-order valence-electron chi connectivity index (χ3n) is 5.71. The van der Waals surface area contributed by atoms with E-state index in [9.17, 15) is 26.4 Å². The molecule has 1 aromatic carbocycles. The van der Waals surface area contributed by atoms with E-state index >= 15 is 0 Å². The molecular formula is C20H22F3N7O3S. The molecule has 0 saturated carbocycles. The Hall–Kier alpha value is -3.26. The molecule has 0 atom stereocenters. The highest BCUT2D eigenvalue weighted by molar-refractivity contribution is 7.89. The molecule has 1 aliphatic heterocycles. The van der Waals surface area contributed by atoms with Crippen molar-refractivity contribution in [3.05, 3.63) is 41.7 Å². The highest BCUT2D eigenvalue weighted by Crippen LogP contribution is 2.29. The van der Waals surface area contributed by atoms with E-state index in [0.717, 1.165) is 0 Å². The Morgan fingerprint density at radius 1 is 1.12 bits per heavy atom. The van der Waals surface area contributed by atoms with E-state index in [2.05, 4.69) is 25.3 Å². The fourth-order valence-electron chi connectivity index (χ4n) is 3.82. The molecule has 0 bridgehead atoms. The molecule has 0 radical (unpaired) electrons. The standard InChI is InChI=1S/C20H22F3N7O3S/c1-12-3-4-14(11-15(12)34(32,33)24-2)25-18(31)13-7-9-29(10-8-13)17-6-5-16-26-27-19(20(21,22)23)30(16)28-17/h3-6,11,13,24H,7-10H2,1-2H3,(H,25,31). The monoisotopic (exact) mass is 497 g/mol. The summed E-state index contributed by atoms with van der Waals surface area (Å²) in [4.78, 5) is 14.6. The fourth-order valence-corrected chi connectivity index (χ4v) is 4.81. The molecule has 10 nitrogen and oxygen atoms in total. The van der Waals surface area contributed by atoms with Gasteiger partial charge < -0.3 is 10.2 Å². The summed E-state index contributed by atoms with van der Waals surface area (Å²) in [5.74, 6) is -1.46. The number of anilines is 2. The third-order valence-corrected chi connectivity index (χ3v) is 7.26. The number of benzene rings is 1. The number of sulfonamides is 1. The Bertz CT molecular complexity index is 1330. The number of alkyl halides is 3. The molecule has 0 aliphatic carbocycles. The minimum atomic E-state index is -4.68. The zero-order valence-corrected chi connectivity index (χ0v) is 19.1. The average Bonchev–Trinajstić information content (AvgIpc) is 3.24. The molecule has 1 aliphatic rings. The fraction of sp³-hybridized carbons (Fsp3) is 0.400. The first-order valence-electron chi connectivity index (χ1n) is 10.4. The molecule has 2 N–H and O–H groups in total. The van der Waals surface area contributed by atoms with Crippen LogP contribution >= 0.6 is 0 Å². The summed E-state index contributed by atoms with van der Waals surface area (Å²) in [5.41, 5.74) is 0.904. The number of piperidine rings is 1. The number of carbonyl (C=O) groups is 1. The second-order valence-electron chi connectivity index (χ2n) is 7.92. The van der Waals surface area contributed by atoms with Crippen molar-refractivity contribution >= 4 is 33.1 Å². The number of aryl methyl sites for hydroxylation is 1. The van der Waals surface area contributed by atoms with E-state index in [4.69, 9.17) is 0 Å². The zero-order valence-electron chi connectivity index (χ0n) is 18.3. The smallest absolute Gasteiger partial charge is 0.355 e. The summed E-state index contributed by atoms with van der Waals surface area (Å²) in [7, 11) is -2.36. The molecule has 0 spiro atoms. The quantitative estimate of drug-likeness (QED) is 0.554. The summed E-state index contributed by atoms with van der Waals surface area (Å²) >= 11 is 0. The van der Waals surface area contributed by atoms with Crippen LogP contribution in [0.3, 0.4) is 0 Å². The van der Waals surface area contributed by atoms with Gasteiger partial charge in [-0.25, -0.2) is 13.1 Å². The highest BCUT2D eigenvalue weighted by atomic mass is 32.2. The number of halogens is 3. The van der Waals surface area contributed by atoms with Crippen molar-refractivity contribution in [3.8, 4) is 0 Å². The number of fused-ring (bicyclic) bond motifs is 1. The zero-order chi connectivity index (χ0) is 24.7. The Morgan fingerprint density at radius 3 is 2.47 bits per heavy atom. The number of nitrogens with zero attached hydrogens (tertiary/aromatic N) is 5. The van der Waals surface area contributed by atoms with Crippen molar-refractivity contribution in [2.24, 2.45) is 5.92 Å². The number of hydrogen-bond donors (Lipinski definition) is 2. The molecule has 1 saturated heterocycles. The molecule has 182 valence electrons. The van der Waals surface area contributed by atoms with Gasteiger partial charge in [0, 0.05) is 24.7 Å². The van der Waals surface area contributed by atoms with Crippen LogP contribution in [-0.4, -0.2) is 54.3 Å². The van der Waals surface area contributed by atoms with Crippen LogP contribution in [0.4, 0.5) is 24.7 Å². The molecule has 14 heteroatoms. The first-order valence-corrected chi connectivity index (χ1v) is 11.9. The van der Waals surface area contributed by atoms with Crippen molar-refractivity contribution in [2.75, 3.05) is 30.4 Å². The van der Waals surface area contributed by atoms with Crippen molar-refractivity contribution in [1.82, 2.24) is 24.5 Å². The van der Waals surface area contributed by atoms with Gasteiger partial charge in [0.05, 0.1) is 4.90 Å². The highest BCUT2D eigenvalue weighted by Gasteiger charge is 2.38. The van der Waals surface area contributed by atoms with Crippen molar-refractivity contribution < 1.29 is 26.4 Å². The molecule has 3 aromatic rings. The van der Waals surface area contributed by atoms with Gasteiger partial charge in [-0.15, -0.1) is 15.3 Å². The van der Waals surface area contributed by atoms with Crippen LogP contribution in [0.25, 0.3) is 5.65 Å². The second-order valence-corrected chi connectivity index (χ2v) is 9.78. The lowest BCUT2D eigenvalue weighted by atomic mass is 9.95. The van der Waals surface area contributed by atoms with Gasteiger partial charge in [-0.05, 0) is 56.6 Å². The van der Waals surface area contributed by atoms with Gasteiger partial charge in [-0.3, -0.25) is 4.79 Å². The van der Waals surface area contributed by atoms with Gasteiger partial charge in [0.25, 0.3) is 5.82 Å². The van der Waals surface area contributed by atoms with Crippen LogP contribution in [0.2, 0.25) is 0 Å². The number of rotatable bonds is 5. The van der Waals surface area contributed by atoms with Gasteiger partial charge in [0.15, 0.2) is 5.65 Å². The van der Waals surface area contributed by atoms with Gasteiger partial charge in [-0.1, -0.05) is 6.07 Å². The second kappa shape index (κ2) is 8.83. The number of nitrogens with one attached hydrogen (secondary N) is 2. The topological polar surface area (TPSA) is 122 Å². The van der Waals surface area contributed by atoms with Crippen molar-refractivity contribution in [2.45, 2.75) is 30.8 Å². The molecule has 3 heterocycles. The van der Waals surface area contributed by atoms with Crippen LogP contribution in [0.5, 0.6) is 0 Å². The van der Waals surface area contributed by atoms with Crippen LogP contribution in [0, 0.1) is 12.8 Å². The van der Waals surface area contributed by atoms with Crippen LogP contribution in [0.15, 0.2) is 35.2 Å². The summed E-state index contributed by atoms with van der Waals surface area (Å²) < 4.78 is 66.6. The minimum absolute atomic E-state index is 0.0110. The van der Waals surface area contributed by atoms with Crippen LogP contribution in [0.1, 0.15) is 24.2 Å². The van der Waals surface area contributed by atoms with Crippen LogP contribution in [-0.2, 0) is 21.0 Å². The minimum Gasteiger partial charge on any atom is -0.355 e. The lowest BCUT2D eigenvalue weighted by molar-refractivity contribution is -0.146. The van der Waals surface area contributed by atoms with Crippen molar-refractivity contribution in [1.29, 1.82) is 0 Å². The largest absolute Gasteiger partial charge is 0.453 e. The van der Waals surface area contributed by atoms with Gasteiger partial charge >= 0.3 is 6.18 Å². The lowest BCUT2D eigenvalue weighted by Gasteiger charge is -2.32. The average molecular weight is 498 g/mol. The predicted molar refractivity (Wildman–Crippen MR) is 117 cm³/mol. The maximum absolute atomic E-state index is 13.1. The number of amides is 1. The molecule has 34 heavy (non-hydrogen) atoms. The molecule has 4 rings (SSSR count). The van der Waals surface area contributed by atoms with Gasteiger partial charge in [0.2, 0.25) is 15.9 Å². The van der Waals surface area contributed by atoms with Crippen LogP contribution < -0.4 is 14.9 Å². The summed E-state index contributed by atoms with van der Waals surface area (Å²) in [6.07, 6.45) is -3.78. The predicted octanol–water partition coefficient (Wildman–Crippen LogP) is 2.21. The molecule has 2 aromatic heterocycles. The van der Waals surface area contributed by atoms with E-state index in [1.54, 1.807) is 30.0 Å². The number of aromatic nitrogens is 4. The Balaban J connectivity index is 1.43. The maximum Gasteiger partial charge on any atom is 0.453 e. The maximum atomic E-state index is 13.1. The van der Waals surface area contributed by atoms with E-state index in [1.165, 1.54) is 19.2 Å². The summed E-state index contributed by atoms with van der Waals surface area (Å²) in [6.45, 7) is 2.48. The first kappa shape index (κ1) is 23.9. The SMILES string of the molecule is CNS(=O)(=O)c1cc(NC(=O)C2CCN(c3ccc4nnc(C(F)(F)F)n4n3)CC2)ccc1C. The van der Waals surface area contributed by atoms with E-state index in [-0.39, 0.29) is 22.4 Å². The first-order chi connectivity index (χ1) is 16.0. The van der Waals surface area contributed by atoms with Crippen molar-refractivity contribution in [3.63, 3.8) is 0 Å². The number of carbonyl (C=O) groups excluding carboxylic acids is 1. The Labute approximate surface area is 193 Å². The van der Waals surface area contributed by atoms with Gasteiger partial charge in [0.1, 0.15) is 5.82 Å². The summed E-state index contributed by atoms with van der Waals surface area (Å²) in [6, 6.07) is 7.64. The Kier molecular flexibility index (Phi) is 6.20. The van der Waals surface area contributed by atoms with E-state index in [1.807, 2.05) is 0 Å². The normalized spacial score (nSPS) is 15.6. The Morgan fingerprint density at radius 2 is 1.82 bits per heavy atom. The van der Waals surface area contributed by atoms with E-state index in [0.29, 0.717) is 47.5 Å². The molecule has 1 amide bonds. The third kappa shape index (κ3) is 4.68. The molecular weight excluding hydrogens is 475 g/mol. The molecule has 0 unspecified atom stereocenters. The van der Waals surface area contributed by atoms with Gasteiger partial charge in [-0.2, -0.15) is 17.7 Å². The number of hydrogen-bond acceptors (Lipinski definition) is 7. The lowest BCUT2D eigenvalue weighted by Crippen LogP contribution is -2.38. The summed E-state index contributed by atoms with van der Waals surface area (Å²) in [5, 5.41) is 13.5. The van der Waals surface area contributed by atoms with E-state index < -0.39 is 22.0 Å².